The number of aromatic nitrogens is 2. The van der Waals surface area contributed by atoms with Crippen molar-refractivity contribution in [2.24, 2.45) is 0 Å². The molecule has 1 atom stereocenters. The molecule has 0 fully saturated rings. The summed E-state index contributed by atoms with van der Waals surface area (Å²) in [6, 6.07) is 8.30. The molecule has 20 heavy (non-hydrogen) atoms. The Morgan fingerprint density at radius 2 is 2.15 bits per heavy atom. The SMILES string of the molecule is Cc1cc(S[C@H](C)C(=O)Nc2cccc(O)c2)ncn1. The lowest BCUT2D eigenvalue weighted by molar-refractivity contribution is -0.115. The van der Waals surface area contributed by atoms with Gasteiger partial charge < -0.3 is 10.4 Å². The largest absolute Gasteiger partial charge is 0.508 e. The number of amides is 1. The lowest BCUT2D eigenvalue weighted by Crippen LogP contribution is -2.22. The molecular weight excluding hydrogens is 274 g/mol. The number of phenolic OH excluding ortho intramolecular Hbond substituents is 1. The Bertz CT molecular complexity index is 619. The number of hydrogen-bond donors (Lipinski definition) is 2. The van der Waals surface area contributed by atoms with Gasteiger partial charge in [0, 0.05) is 17.4 Å². The molecule has 104 valence electrons. The van der Waals surface area contributed by atoms with Crippen LogP contribution in [-0.4, -0.2) is 26.2 Å². The Morgan fingerprint density at radius 3 is 2.85 bits per heavy atom. The van der Waals surface area contributed by atoms with Crippen LogP contribution >= 0.6 is 11.8 Å². The van der Waals surface area contributed by atoms with Gasteiger partial charge in [-0.1, -0.05) is 17.8 Å². The van der Waals surface area contributed by atoms with Gasteiger partial charge in [0.2, 0.25) is 5.91 Å². The van der Waals surface area contributed by atoms with Gasteiger partial charge in [-0.25, -0.2) is 9.97 Å². The van der Waals surface area contributed by atoms with Crippen LogP contribution in [0.5, 0.6) is 5.75 Å². The van der Waals surface area contributed by atoms with Crippen molar-refractivity contribution in [2.45, 2.75) is 24.1 Å². The monoisotopic (exact) mass is 289 g/mol. The zero-order valence-corrected chi connectivity index (χ0v) is 12.0. The van der Waals surface area contributed by atoms with Crippen molar-refractivity contribution in [1.82, 2.24) is 9.97 Å². The number of thioether (sulfide) groups is 1. The molecule has 0 bridgehead atoms. The Morgan fingerprint density at radius 1 is 1.35 bits per heavy atom. The molecule has 1 aromatic heterocycles. The number of carbonyl (C=O) groups excluding carboxylic acids is 1. The second-order valence-corrected chi connectivity index (χ2v) is 5.66. The van der Waals surface area contributed by atoms with Gasteiger partial charge in [-0.05, 0) is 32.0 Å². The maximum atomic E-state index is 12.1. The fraction of sp³-hybridized carbons (Fsp3) is 0.214. The van der Waals surface area contributed by atoms with E-state index in [0.717, 1.165) is 10.7 Å². The predicted octanol–water partition coefficient (Wildman–Crippen LogP) is 2.61. The zero-order chi connectivity index (χ0) is 14.5. The first-order valence-electron chi connectivity index (χ1n) is 6.10. The molecule has 1 amide bonds. The maximum Gasteiger partial charge on any atom is 0.237 e. The van der Waals surface area contributed by atoms with Crippen LogP contribution in [0.4, 0.5) is 5.69 Å². The van der Waals surface area contributed by atoms with Gasteiger partial charge >= 0.3 is 0 Å². The van der Waals surface area contributed by atoms with Gasteiger partial charge in [-0.2, -0.15) is 0 Å². The third-order valence-electron chi connectivity index (χ3n) is 2.56. The van der Waals surface area contributed by atoms with Crippen molar-refractivity contribution in [1.29, 1.82) is 0 Å². The third-order valence-corrected chi connectivity index (χ3v) is 3.59. The number of phenols is 1. The van der Waals surface area contributed by atoms with Crippen molar-refractivity contribution in [3.63, 3.8) is 0 Å². The van der Waals surface area contributed by atoms with E-state index in [2.05, 4.69) is 15.3 Å². The van der Waals surface area contributed by atoms with Crippen molar-refractivity contribution >= 4 is 23.4 Å². The summed E-state index contributed by atoms with van der Waals surface area (Å²) in [5.41, 5.74) is 1.43. The minimum absolute atomic E-state index is 0.120. The summed E-state index contributed by atoms with van der Waals surface area (Å²) in [6.45, 7) is 3.68. The lowest BCUT2D eigenvalue weighted by atomic mass is 10.3. The van der Waals surface area contributed by atoms with Crippen LogP contribution in [0.3, 0.4) is 0 Å². The number of anilines is 1. The highest BCUT2D eigenvalue weighted by Gasteiger charge is 2.15. The molecule has 0 saturated carbocycles. The van der Waals surface area contributed by atoms with Crippen molar-refractivity contribution in [3.05, 3.63) is 42.4 Å². The molecule has 0 saturated heterocycles. The number of aryl methyl sites for hydroxylation is 1. The summed E-state index contributed by atoms with van der Waals surface area (Å²) < 4.78 is 0. The van der Waals surface area contributed by atoms with E-state index in [0.29, 0.717) is 5.69 Å². The molecule has 0 aliphatic rings. The molecule has 2 N–H and O–H groups in total. The van der Waals surface area contributed by atoms with Crippen LogP contribution < -0.4 is 5.32 Å². The maximum absolute atomic E-state index is 12.1. The average Bonchev–Trinajstić information content (AvgIpc) is 2.38. The molecule has 0 aliphatic carbocycles. The normalized spacial score (nSPS) is 11.9. The molecule has 0 spiro atoms. The summed E-state index contributed by atoms with van der Waals surface area (Å²) in [7, 11) is 0. The highest BCUT2D eigenvalue weighted by Crippen LogP contribution is 2.23. The Hall–Kier alpha value is -2.08. The third kappa shape index (κ3) is 3.96. The van der Waals surface area contributed by atoms with Crippen LogP contribution in [0.1, 0.15) is 12.6 Å². The molecule has 0 aliphatic heterocycles. The second-order valence-electron chi connectivity index (χ2n) is 4.30. The highest BCUT2D eigenvalue weighted by molar-refractivity contribution is 8.00. The predicted molar refractivity (Wildman–Crippen MR) is 78.8 cm³/mol. The van der Waals surface area contributed by atoms with Gasteiger partial charge in [-0.15, -0.1) is 0 Å². The molecule has 2 rings (SSSR count). The molecule has 0 radical (unpaired) electrons. The van der Waals surface area contributed by atoms with Crippen LogP contribution in [0.2, 0.25) is 0 Å². The Balaban J connectivity index is 1.98. The van der Waals surface area contributed by atoms with E-state index in [1.165, 1.54) is 24.2 Å². The summed E-state index contributed by atoms with van der Waals surface area (Å²) in [4.78, 5) is 20.2. The van der Waals surface area contributed by atoms with Crippen LogP contribution in [0.25, 0.3) is 0 Å². The van der Waals surface area contributed by atoms with Gasteiger partial charge in [0.15, 0.2) is 0 Å². The molecule has 6 heteroatoms. The van der Waals surface area contributed by atoms with E-state index < -0.39 is 0 Å². The minimum atomic E-state index is -0.299. The molecule has 2 aromatic rings. The smallest absolute Gasteiger partial charge is 0.237 e. The summed E-state index contributed by atoms with van der Waals surface area (Å²) in [5.74, 6) is -0.0219. The first kappa shape index (κ1) is 14.3. The number of nitrogens with zero attached hydrogens (tertiary/aromatic N) is 2. The topological polar surface area (TPSA) is 75.1 Å². The number of aromatic hydroxyl groups is 1. The van der Waals surface area contributed by atoms with E-state index in [9.17, 15) is 9.90 Å². The van der Waals surface area contributed by atoms with Crippen LogP contribution in [0, 0.1) is 6.92 Å². The quantitative estimate of drug-likeness (QED) is 0.668. The Kier molecular flexibility index (Phi) is 4.57. The van der Waals surface area contributed by atoms with Gasteiger partial charge in [-0.3, -0.25) is 4.79 Å². The summed E-state index contributed by atoms with van der Waals surface area (Å²) in [5, 5.41) is 12.6. The zero-order valence-electron chi connectivity index (χ0n) is 11.2. The van der Waals surface area contributed by atoms with Crippen molar-refractivity contribution in [2.75, 3.05) is 5.32 Å². The highest BCUT2D eigenvalue weighted by atomic mass is 32.2. The molecular formula is C14H15N3O2S. The summed E-state index contributed by atoms with van der Waals surface area (Å²) >= 11 is 1.36. The molecule has 1 heterocycles. The van der Waals surface area contributed by atoms with E-state index in [4.69, 9.17) is 0 Å². The molecule has 1 aromatic carbocycles. The number of carbonyl (C=O) groups is 1. The lowest BCUT2D eigenvalue weighted by Gasteiger charge is -2.11. The number of hydrogen-bond acceptors (Lipinski definition) is 5. The van der Waals surface area contributed by atoms with Crippen LogP contribution in [-0.2, 0) is 4.79 Å². The minimum Gasteiger partial charge on any atom is -0.508 e. The first-order valence-corrected chi connectivity index (χ1v) is 6.98. The van der Waals surface area contributed by atoms with Gasteiger partial charge in [0.05, 0.1) is 5.25 Å². The van der Waals surface area contributed by atoms with E-state index in [-0.39, 0.29) is 16.9 Å². The number of rotatable bonds is 4. The molecule has 5 nitrogen and oxygen atoms in total. The number of benzene rings is 1. The van der Waals surface area contributed by atoms with Crippen LogP contribution in [0.15, 0.2) is 41.7 Å². The van der Waals surface area contributed by atoms with E-state index in [1.807, 2.05) is 13.0 Å². The van der Waals surface area contributed by atoms with Crippen molar-refractivity contribution in [3.8, 4) is 5.75 Å². The average molecular weight is 289 g/mol. The summed E-state index contributed by atoms with van der Waals surface area (Å²) in [6.07, 6.45) is 1.48. The fourth-order valence-corrected chi connectivity index (χ4v) is 2.43. The van der Waals surface area contributed by atoms with Gasteiger partial charge in [0.25, 0.3) is 0 Å². The van der Waals surface area contributed by atoms with E-state index >= 15 is 0 Å². The Labute approximate surface area is 121 Å². The van der Waals surface area contributed by atoms with E-state index in [1.54, 1.807) is 25.1 Å². The second kappa shape index (κ2) is 6.38. The fourth-order valence-electron chi connectivity index (χ4n) is 1.56. The first-order chi connectivity index (χ1) is 9.54. The number of nitrogens with one attached hydrogen (secondary N) is 1. The van der Waals surface area contributed by atoms with Gasteiger partial charge in [0.1, 0.15) is 17.1 Å². The van der Waals surface area contributed by atoms with Crippen molar-refractivity contribution < 1.29 is 9.90 Å². The standard InChI is InChI=1S/C14H15N3O2S/c1-9-6-13(16-8-15-9)20-10(2)14(19)17-11-4-3-5-12(18)7-11/h3-8,10,18H,1-2H3,(H,17,19)/t10-/m1/s1. The molecule has 0 unspecified atom stereocenters.